The van der Waals surface area contributed by atoms with Crippen LogP contribution in [-0.2, 0) is 0 Å². The van der Waals surface area contributed by atoms with Crippen molar-refractivity contribution in [3.05, 3.63) is 0 Å². The average molecular weight is 297 g/mol. The van der Waals surface area contributed by atoms with Crippen LogP contribution in [0.1, 0.15) is 89.0 Å². The summed E-state index contributed by atoms with van der Waals surface area (Å²) < 4.78 is 0. The molecule has 0 heterocycles. The fraction of sp³-hybridized carbons (Fsp3) is 1.00. The van der Waals surface area contributed by atoms with E-state index in [4.69, 9.17) is 0 Å². The minimum absolute atomic E-state index is 0.432. The van der Waals surface area contributed by atoms with Gasteiger partial charge in [0.05, 0.1) is 0 Å². The van der Waals surface area contributed by atoms with Gasteiger partial charge in [-0.15, -0.1) is 0 Å². The standard InChI is InChI=1S/C21H44/c1-12-14(3)16(5)17(6)18(7)19(8)20(9)21(10,11)15(4)13-2/h14-20H,12-13H2,1-11H3. The third-order valence-corrected chi connectivity index (χ3v) is 7.87. The molecule has 0 fully saturated rings. The van der Waals surface area contributed by atoms with Crippen LogP contribution >= 0.6 is 0 Å². The second-order valence-corrected chi connectivity index (χ2v) is 8.74. The SMILES string of the molecule is CCC(C)C(C)C(C)C(C)C(C)C(C)C(C)(C)C(C)CC. The van der Waals surface area contributed by atoms with Gasteiger partial charge in [0.2, 0.25) is 0 Å². The zero-order valence-corrected chi connectivity index (χ0v) is 17.0. The van der Waals surface area contributed by atoms with Crippen molar-refractivity contribution >= 4 is 0 Å². The van der Waals surface area contributed by atoms with E-state index >= 15 is 0 Å². The van der Waals surface area contributed by atoms with E-state index in [-0.39, 0.29) is 0 Å². The van der Waals surface area contributed by atoms with Gasteiger partial charge in [0.1, 0.15) is 0 Å². The highest BCUT2D eigenvalue weighted by Crippen LogP contribution is 2.45. The Kier molecular flexibility index (Phi) is 8.59. The number of rotatable bonds is 9. The predicted octanol–water partition coefficient (Wildman–Crippen LogP) is 7.29. The molecule has 128 valence electrons. The van der Waals surface area contributed by atoms with E-state index in [9.17, 15) is 0 Å². The van der Waals surface area contributed by atoms with Gasteiger partial charge in [-0.2, -0.15) is 0 Å². The summed E-state index contributed by atoms with van der Waals surface area (Å²) in [4.78, 5) is 0. The molecule has 7 atom stereocenters. The van der Waals surface area contributed by atoms with Crippen molar-refractivity contribution in [3.8, 4) is 0 Å². The van der Waals surface area contributed by atoms with Crippen molar-refractivity contribution in [2.45, 2.75) is 89.0 Å². The van der Waals surface area contributed by atoms with Crippen molar-refractivity contribution in [3.63, 3.8) is 0 Å². The highest BCUT2D eigenvalue weighted by molar-refractivity contribution is 4.86. The molecule has 0 aromatic carbocycles. The van der Waals surface area contributed by atoms with Crippen LogP contribution in [0.15, 0.2) is 0 Å². The van der Waals surface area contributed by atoms with Crippen molar-refractivity contribution in [2.24, 2.45) is 46.8 Å². The summed E-state index contributed by atoms with van der Waals surface area (Å²) in [5.41, 5.74) is 0.432. The minimum Gasteiger partial charge on any atom is -0.0651 e. The molecule has 0 aliphatic rings. The van der Waals surface area contributed by atoms with Crippen molar-refractivity contribution < 1.29 is 0 Å². The lowest BCUT2D eigenvalue weighted by Gasteiger charge is -2.44. The Morgan fingerprint density at radius 2 is 1.05 bits per heavy atom. The molecule has 0 saturated heterocycles. The highest BCUT2D eigenvalue weighted by Gasteiger charge is 2.38. The quantitative estimate of drug-likeness (QED) is 0.419. The normalized spacial score (nSPS) is 23.0. The van der Waals surface area contributed by atoms with Crippen molar-refractivity contribution in [2.75, 3.05) is 0 Å². The van der Waals surface area contributed by atoms with Gasteiger partial charge in [-0.1, -0.05) is 89.0 Å². The zero-order valence-electron chi connectivity index (χ0n) is 17.0. The van der Waals surface area contributed by atoms with E-state index < -0.39 is 0 Å². The van der Waals surface area contributed by atoms with Gasteiger partial charge in [0.15, 0.2) is 0 Å². The summed E-state index contributed by atoms with van der Waals surface area (Å²) in [6.07, 6.45) is 2.60. The molecule has 0 aromatic heterocycles. The Labute approximate surface area is 136 Å². The fourth-order valence-corrected chi connectivity index (χ4v) is 3.96. The van der Waals surface area contributed by atoms with Gasteiger partial charge in [-0.3, -0.25) is 0 Å². The van der Waals surface area contributed by atoms with Crippen LogP contribution in [0.5, 0.6) is 0 Å². The first-order chi connectivity index (χ1) is 9.52. The average Bonchev–Trinajstić information content (AvgIpc) is 2.48. The molecule has 0 radical (unpaired) electrons. The second-order valence-electron chi connectivity index (χ2n) is 8.74. The Bertz CT molecular complexity index is 278. The lowest BCUT2D eigenvalue weighted by Crippen LogP contribution is -2.38. The van der Waals surface area contributed by atoms with Crippen LogP contribution in [0.4, 0.5) is 0 Å². The molecule has 0 amide bonds. The van der Waals surface area contributed by atoms with Crippen LogP contribution in [-0.4, -0.2) is 0 Å². The molecule has 0 bridgehead atoms. The first-order valence-electron chi connectivity index (χ1n) is 9.52. The van der Waals surface area contributed by atoms with Gasteiger partial charge in [0.25, 0.3) is 0 Å². The maximum absolute atomic E-state index is 2.50. The minimum atomic E-state index is 0.432. The van der Waals surface area contributed by atoms with E-state index in [2.05, 4.69) is 76.2 Å². The fourth-order valence-electron chi connectivity index (χ4n) is 3.96. The third kappa shape index (κ3) is 5.00. The maximum atomic E-state index is 2.50. The maximum Gasteiger partial charge on any atom is -0.0300 e. The topological polar surface area (TPSA) is 0 Å². The Morgan fingerprint density at radius 1 is 0.619 bits per heavy atom. The Morgan fingerprint density at radius 3 is 1.43 bits per heavy atom. The molecule has 0 saturated carbocycles. The molecule has 0 aliphatic heterocycles. The monoisotopic (exact) mass is 296 g/mol. The van der Waals surface area contributed by atoms with E-state index in [1.165, 1.54) is 12.8 Å². The van der Waals surface area contributed by atoms with Gasteiger partial charge in [-0.05, 0) is 46.8 Å². The molecule has 7 unspecified atom stereocenters. The van der Waals surface area contributed by atoms with Crippen molar-refractivity contribution in [1.82, 2.24) is 0 Å². The highest BCUT2D eigenvalue weighted by atomic mass is 14.4. The molecule has 0 heteroatoms. The van der Waals surface area contributed by atoms with Crippen LogP contribution in [0.25, 0.3) is 0 Å². The van der Waals surface area contributed by atoms with E-state index in [0.29, 0.717) is 5.41 Å². The largest absolute Gasteiger partial charge is 0.0651 e. The summed E-state index contributed by atoms with van der Waals surface area (Å²) >= 11 is 0. The summed E-state index contributed by atoms with van der Waals surface area (Å²) in [6.45, 7) is 26.9. The predicted molar refractivity (Wildman–Crippen MR) is 98.5 cm³/mol. The second kappa shape index (κ2) is 8.59. The van der Waals surface area contributed by atoms with Crippen LogP contribution in [0.2, 0.25) is 0 Å². The van der Waals surface area contributed by atoms with Gasteiger partial charge in [-0.25, -0.2) is 0 Å². The van der Waals surface area contributed by atoms with E-state index in [1.807, 2.05) is 0 Å². The molecule has 0 nitrogen and oxygen atoms in total. The first kappa shape index (κ1) is 21.0. The van der Waals surface area contributed by atoms with Crippen LogP contribution in [0, 0.1) is 46.8 Å². The zero-order chi connectivity index (χ0) is 17.0. The smallest absolute Gasteiger partial charge is 0.0300 e. The van der Waals surface area contributed by atoms with Crippen molar-refractivity contribution in [1.29, 1.82) is 0 Å². The van der Waals surface area contributed by atoms with Gasteiger partial charge >= 0.3 is 0 Å². The molecule has 0 N–H and O–H groups in total. The summed E-state index contributed by atoms with van der Waals surface area (Å²) in [5, 5.41) is 0. The molecular weight excluding hydrogens is 252 g/mol. The third-order valence-electron chi connectivity index (χ3n) is 7.87. The lowest BCUT2D eigenvalue weighted by atomic mass is 9.61. The van der Waals surface area contributed by atoms with E-state index in [1.54, 1.807) is 0 Å². The van der Waals surface area contributed by atoms with Gasteiger partial charge < -0.3 is 0 Å². The molecule has 0 spiro atoms. The van der Waals surface area contributed by atoms with Gasteiger partial charge in [0, 0.05) is 0 Å². The molecule has 0 aliphatic carbocycles. The lowest BCUT2D eigenvalue weighted by molar-refractivity contribution is 0.0436. The molecule has 21 heavy (non-hydrogen) atoms. The summed E-state index contributed by atoms with van der Waals surface area (Å²) in [5.74, 6) is 5.63. The summed E-state index contributed by atoms with van der Waals surface area (Å²) in [7, 11) is 0. The number of hydrogen-bond acceptors (Lipinski definition) is 0. The molecule has 0 aromatic rings. The first-order valence-corrected chi connectivity index (χ1v) is 9.52. The number of hydrogen-bond donors (Lipinski definition) is 0. The Balaban J connectivity index is 4.94. The van der Waals surface area contributed by atoms with E-state index in [0.717, 1.165) is 41.4 Å². The molecular formula is C21H44. The van der Waals surface area contributed by atoms with Crippen LogP contribution < -0.4 is 0 Å². The van der Waals surface area contributed by atoms with Crippen LogP contribution in [0.3, 0.4) is 0 Å². The summed E-state index contributed by atoms with van der Waals surface area (Å²) in [6, 6.07) is 0. The Hall–Kier alpha value is 0. The molecule has 0 rings (SSSR count).